The molecule has 1 aliphatic rings. The van der Waals surface area contributed by atoms with Gasteiger partial charge in [0.05, 0.1) is 0 Å². The van der Waals surface area contributed by atoms with Crippen LogP contribution in [0.15, 0.2) is 46.9 Å². The summed E-state index contributed by atoms with van der Waals surface area (Å²) in [7, 11) is 0. The average Bonchev–Trinajstić information content (AvgIpc) is 2.47. The van der Waals surface area contributed by atoms with Crippen molar-refractivity contribution in [2.75, 3.05) is 0 Å². The zero-order chi connectivity index (χ0) is 14.8. The van der Waals surface area contributed by atoms with E-state index >= 15 is 0 Å². The summed E-state index contributed by atoms with van der Waals surface area (Å²) in [5.41, 5.74) is 9.21. The van der Waals surface area contributed by atoms with E-state index in [1.54, 1.807) is 0 Å². The highest BCUT2D eigenvalue weighted by molar-refractivity contribution is 9.10. The average molecular weight is 362 g/mol. The molecule has 0 saturated heterocycles. The number of benzene rings is 2. The predicted octanol–water partition coefficient (Wildman–Crippen LogP) is 4.54. The zero-order valence-electron chi connectivity index (χ0n) is 11.5. The van der Waals surface area contributed by atoms with E-state index in [4.69, 9.17) is 22.7 Å². The summed E-state index contributed by atoms with van der Waals surface area (Å²) >= 11 is 8.51. The van der Waals surface area contributed by atoms with E-state index in [9.17, 15) is 0 Å². The monoisotopic (exact) mass is 361 g/mol. The van der Waals surface area contributed by atoms with Gasteiger partial charge in [0, 0.05) is 10.0 Å². The minimum Gasteiger partial charge on any atom is -0.486 e. The number of hydrogen-bond donors (Lipinski definition) is 1. The van der Waals surface area contributed by atoms with E-state index in [0.717, 1.165) is 35.0 Å². The number of ether oxygens (including phenoxy) is 1. The molecule has 2 nitrogen and oxygen atoms in total. The first-order valence-electron chi connectivity index (χ1n) is 6.99. The number of fused-ring (bicyclic) bond motifs is 1. The van der Waals surface area contributed by atoms with Crippen LogP contribution in [0.2, 0.25) is 0 Å². The largest absolute Gasteiger partial charge is 0.486 e. The van der Waals surface area contributed by atoms with E-state index in [1.807, 2.05) is 18.2 Å². The predicted molar refractivity (Wildman–Crippen MR) is 92.8 cm³/mol. The molecule has 0 spiro atoms. The van der Waals surface area contributed by atoms with Crippen LogP contribution in [0, 0.1) is 0 Å². The molecule has 2 aromatic carbocycles. The fourth-order valence-corrected chi connectivity index (χ4v) is 3.65. The molecule has 0 radical (unpaired) electrons. The lowest BCUT2D eigenvalue weighted by Crippen LogP contribution is -2.15. The van der Waals surface area contributed by atoms with Gasteiger partial charge in [-0.05, 0) is 64.5 Å². The van der Waals surface area contributed by atoms with E-state index in [-0.39, 0.29) is 6.10 Å². The van der Waals surface area contributed by atoms with Crippen LogP contribution < -0.4 is 10.5 Å². The van der Waals surface area contributed by atoms with E-state index in [0.29, 0.717) is 4.99 Å². The van der Waals surface area contributed by atoms with Crippen LogP contribution in [0.4, 0.5) is 0 Å². The standard InChI is InChI=1S/C17H16BrNOS/c18-15-10-12(8-9-14(15)17(19)21)20-16-7-3-5-11-4-1-2-6-13(11)16/h1-2,4,6,8-10,16H,3,5,7H2,(H2,19,21). The molecule has 1 aliphatic carbocycles. The molecule has 3 rings (SSSR count). The molecule has 2 aromatic rings. The van der Waals surface area contributed by atoms with Gasteiger partial charge < -0.3 is 10.5 Å². The molecule has 0 bridgehead atoms. The second-order valence-corrected chi connectivity index (χ2v) is 6.50. The summed E-state index contributed by atoms with van der Waals surface area (Å²) in [5.74, 6) is 0.837. The van der Waals surface area contributed by atoms with Crippen LogP contribution in [-0.4, -0.2) is 4.99 Å². The summed E-state index contributed by atoms with van der Waals surface area (Å²) in [4.78, 5) is 0.386. The SMILES string of the molecule is NC(=S)c1ccc(OC2CCCc3ccccc32)cc1Br. The Balaban J connectivity index is 1.85. The van der Waals surface area contributed by atoms with Gasteiger partial charge in [0.1, 0.15) is 16.8 Å². The highest BCUT2D eigenvalue weighted by Gasteiger charge is 2.21. The third kappa shape index (κ3) is 3.11. The van der Waals surface area contributed by atoms with Crippen LogP contribution >= 0.6 is 28.1 Å². The van der Waals surface area contributed by atoms with Crippen molar-refractivity contribution < 1.29 is 4.74 Å². The Morgan fingerprint density at radius 2 is 2.05 bits per heavy atom. The summed E-state index contributed by atoms with van der Waals surface area (Å²) in [6.07, 6.45) is 3.47. The number of halogens is 1. The molecule has 0 aliphatic heterocycles. The Bertz CT molecular complexity index is 686. The molecule has 1 unspecified atom stereocenters. The Labute approximate surface area is 138 Å². The lowest BCUT2D eigenvalue weighted by Gasteiger charge is -2.26. The van der Waals surface area contributed by atoms with Crippen molar-refractivity contribution in [3.8, 4) is 5.75 Å². The Morgan fingerprint density at radius 3 is 2.81 bits per heavy atom. The van der Waals surface area contributed by atoms with Gasteiger partial charge in [-0.15, -0.1) is 0 Å². The second kappa shape index (κ2) is 6.16. The smallest absolute Gasteiger partial charge is 0.124 e. The number of aryl methyl sites for hydroxylation is 1. The van der Waals surface area contributed by atoms with E-state index in [1.165, 1.54) is 11.1 Å². The fraction of sp³-hybridized carbons (Fsp3) is 0.235. The number of nitrogens with two attached hydrogens (primary N) is 1. The van der Waals surface area contributed by atoms with Crippen LogP contribution in [0.1, 0.15) is 35.6 Å². The molecule has 1 atom stereocenters. The maximum absolute atomic E-state index is 6.18. The van der Waals surface area contributed by atoms with Crippen LogP contribution in [0.5, 0.6) is 5.75 Å². The molecular formula is C17H16BrNOS. The van der Waals surface area contributed by atoms with Crippen molar-refractivity contribution in [1.82, 2.24) is 0 Å². The van der Waals surface area contributed by atoms with Gasteiger partial charge in [-0.1, -0.05) is 36.5 Å². The van der Waals surface area contributed by atoms with E-state index in [2.05, 4.69) is 40.2 Å². The second-order valence-electron chi connectivity index (χ2n) is 5.20. The number of thiocarbonyl (C=S) groups is 1. The highest BCUT2D eigenvalue weighted by Crippen LogP contribution is 2.34. The molecule has 0 amide bonds. The van der Waals surface area contributed by atoms with Gasteiger partial charge >= 0.3 is 0 Å². The van der Waals surface area contributed by atoms with Gasteiger partial charge in [-0.3, -0.25) is 0 Å². The van der Waals surface area contributed by atoms with E-state index < -0.39 is 0 Å². The summed E-state index contributed by atoms with van der Waals surface area (Å²) in [6.45, 7) is 0. The Kier molecular flexibility index (Phi) is 4.27. The minimum atomic E-state index is 0.123. The topological polar surface area (TPSA) is 35.2 Å². The summed E-state index contributed by atoms with van der Waals surface area (Å²) < 4.78 is 7.06. The lowest BCUT2D eigenvalue weighted by molar-refractivity contribution is 0.183. The third-order valence-electron chi connectivity index (χ3n) is 3.80. The molecule has 0 fully saturated rings. The molecular weight excluding hydrogens is 346 g/mol. The quantitative estimate of drug-likeness (QED) is 0.815. The summed E-state index contributed by atoms with van der Waals surface area (Å²) in [6, 6.07) is 14.3. The Hall–Kier alpha value is -1.39. The lowest BCUT2D eigenvalue weighted by atomic mass is 9.89. The minimum absolute atomic E-state index is 0.123. The molecule has 0 saturated carbocycles. The normalized spacial score (nSPS) is 17.1. The van der Waals surface area contributed by atoms with Crippen molar-refractivity contribution in [3.63, 3.8) is 0 Å². The maximum Gasteiger partial charge on any atom is 0.124 e. The van der Waals surface area contributed by atoms with Crippen molar-refractivity contribution in [2.24, 2.45) is 5.73 Å². The first-order valence-corrected chi connectivity index (χ1v) is 8.19. The van der Waals surface area contributed by atoms with Gasteiger partial charge in [-0.25, -0.2) is 0 Å². The van der Waals surface area contributed by atoms with Crippen molar-refractivity contribution in [2.45, 2.75) is 25.4 Å². The first kappa shape index (κ1) is 14.5. The van der Waals surface area contributed by atoms with Crippen molar-refractivity contribution >= 4 is 33.1 Å². The third-order valence-corrected chi connectivity index (χ3v) is 4.67. The van der Waals surface area contributed by atoms with Gasteiger partial charge in [0.2, 0.25) is 0 Å². The number of hydrogen-bond acceptors (Lipinski definition) is 2. The molecule has 2 N–H and O–H groups in total. The van der Waals surface area contributed by atoms with Crippen LogP contribution in [-0.2, 0) is 6.42 Å². The first-order chi connectivity index (χ1) is 10.1. The molecule has 0 heterocycles. The van der Waals surface area contributed by atoms with Crippen LogP contribution in [0.3, 0.4) is 0 Å². The highest BCUT2D eigenvalue weighted by atomic mass is 79.9. The molecule has 108 valence electrons. The number of rotatable bonds is 3. The summed E-state index contributed by atoms with van der Waals surface area (Å²) in [5, 5.41) is 0. The van der Waals surface area contributed by atoms with Crippen molar-refractivity contribution in [3.05, 3.63) is 63.6 Å². The molecule has 21 heavy (non-hydrogen) atoms. The van der Waals surface area contributed by atoms with Crippen molar-refractivity contribution in [1.29, 1.82) is 0 Å². The zero-order valence-corrected chi connectivity index (χ0v) is 13.9. The molecule has 4 heteroatoms. The van der Waals surface area contributed by atoms with Crippen LogP contribution in [0.25, 0.3) is 0 Å². The fourth-order valence-electron chi connectivity index (χ4n) is 2.77. The van der Waals surface area contributed by atoms with Gasteiger partial charge in [-0.2, -0.15) is 0 Å². The maximum atomic E-state index is 6.18. The van der Waals surface area contributed by atoms with Gasteiger partial charge in [0.15, 0.2) is 0 Å². The Morgan fingerprint density at radius 1 is 1.24 bits per heavy atom. The molecule has 0 aromatic heterocycles. The van der Waals surface area contributed by atoms with Gasteiger partial charge in [0.25, 0.3) is 0 Å².